The van der Waals surface area contributed by atoms with E-state index in [2.05, 4.69) is 9.88 Å². The number of anilines is 1. The van der Waals surface area contributed by atoms with Gasteiger partial charge < -0.3 is 14.7 Å². The zero-order valence-electron chi connectivity index (χ0n) is 16.8. The van der Waals surface area contributed by atoms with Gasteiger partial charge in [0.1, 0.15) is 0 Å². The van der Waals surface area contributed by atoms with Gasteiger partial charge in [0, 0.05) is 38.2 Å². The number of likely N-dealkylation sites (tertiary alicyclic amines) is 1. The number of aromatic amines is 1. The molecule has 2 aliphatic rings. The van der Waals surface area contributed by atoms with Crippen molar-refractivity contribution in [1.29, 1.82) is 0 Å². The second-order valence-electron chi connectivity index (χ2n) is 8.21. The van der Waals surface area contributed by atoms with Crippen molar-refractivity contribution < 1.29 is 9.84 Å². The van der Waals surface area contributed by atoms with E-state index in [1.165, 1.54) is 0 Å². The molecular weight excluding hydrogens is 356 g/mol. The van der Waals surface area contributed by atoms with Gasteiger partial charge in [0.25, 0.3) is 5.56 Å². The van der Waals surface area contributed by atoms with Crippen molar-refractivity contribution in [1.82, 2.24) is 14.9 Å². The fourth-order valence-electron chi connectivity index (χ4n) is 4.70. The number of hydrogen-bond donors (Lipinski definition) is 2. The Hall–Kier alpha value is -2.54. The first-order chi connectivity index (χ1) is 13.4. The highest BCUT2D eigenvalue weighted by atomic mass is 16.5. The molecule has 2 N–H and O–H groups in total. The van der Waals surface area contributed by atoms with Crippen molar-refractivity contribution in [3.05, 3.63) is 45.4 Å². The smallest absolute Gasteiger partial charge is 0.255 e. The minimum Gasteiger partial charge on any atom is -0.504 e. The van der Waals surface area contributed by atoms with Crippen LogP contribution < -0.4 is 15.2 Å². The summed E-state index contributed by atoms with van der Waals surface area (Å²) in [6, 6.07) is 5.57. The van der Waals surface area contributed by atoms with Gasteiger partial charge in [0.2, 0.25) is 5.95 Å². The van der Waals surface area contributed by atoms with Crippen LogP contribution in [0.2, 0.25) is 0 Å². The predicted octanol–water partition coefficient (Wildman–Crippen LogP) is 2.03. The predicted molar refractivity (Wildman–Crippen MR) is 108 cm³/mol. The molecule has 1 aliphatic heterocycles. The molecule has 150 valence electrons. The molecule has 0 saturated carbocycles. The van der Waals surface area contributed by atoms with E-state index in [4.69, 9.17) is 9.72 Å². The lowest BCUT2D eigenvalue weighted by molar-refractivity contribution is 0.136. The first kappa shape index (κ1) is 18.8. The number of ether oxygens (including phenoxy) is 1. The van der Waals surface area contributed by atoms with E-state index in [9.17, 15) is 9.90 Å². The summed E-state index contributed by atoms with van der Waals surface area (Å²) in [6.07, 6.45) is 3.91. The quantitative estimate of drug-likeness (QED) is 0.840. The van der Waals surface area contributed by atoms with Crippen LogP contribution in [0.15, 0.2) is 23.0 Å². The van der Waals surface area contributed by atoms with Crippen LogP contribution in [0.5, 0.6) is 11.5 Å². The fraction of sp³-hybridized carbons (Fsp3) is 0.524. The Labute approximate surface area is 165 Å². The van der Waals surface area contributed by atoms with Crippen molar-refractivity contribution in [3.8, 4) is 11.5 Å². The van der Waals surface area contributed by atoms with Crippen LogP contribution in [0.3, 0.4) is 0 Å². The molecule has 1 aromatic heterocycles. The maximum atomic E-state index is 12.6. The molecule has 7 nitrogen and oxygen atoms in total. The number of hydrogen-bond acceptors (Lipinski definition) is 6. The monoisotopic (exact) mass is 384 g/mol. The van der Waals surface area contributed by atoms with Crippen LogP contribution in [0, 0.1) is 0 Å². The molecule has 1 aromatic carbocycles. The number of nitrogens with zero attached hydrogens (tertiary/aromatic N) is 3. The Kier molecular flexibility index (Phi) is 4.79. The van der Waals surface area contributed by atoms with E-state index >= 15 is 0 Å². The van der Waals surface area contributed by atoms with Gasteiger partial charge in [-0.3, -0.25) is 14.7 Å². The lowest BCUT2D eigenvalue weighted by Crippen LogP contribution is -2.45. The summed E-state index contributed by atoms with van der Waals surface area (Å²) in [5, 5.41) is 10.1. The highest BCUT2D eigenvalue weighted by Crippen LogP contribution is 2.43. The maximum absolute atomic E-state index is 12.6. The Balaban J connectivity index is 1.60. The molecule has 0 bridgehead atoms. The molecule has 0 amide bonds. The van der Waals surface area contributed by atoms with E-state index in [0.717, 1.165) is 62.1 Å². The third-order valence-corrected chi connectivity index (χ3v) is 6.09. The average Bonchev–Trinajstić information content (AvgIpc) is 3.00. The third-order valence-electron chi connectivity index (χ3n) is 6.09. The first-order valence-electron chi connectivity index (χ1n) is 9.81. The lowest BCUT2D eigenvalue weighted by atomic mass is 9.77. The Morgan fingerprint density at radius 3 is 2.89 bits per heavy atom. The maximum Gasteiger partial charge on any atom is 0.255 e. The second-order valence-corrected chi connectivity index (χ2v) is 8.21. The summed E-state index contributed by atoms with van der Waals surface area (Å²) < 4.78 is 5.14. The number of methoxy groups -OCH3 is 1. The molecule has 2 aromatic rings. The van der Waals surface area contributed by atoms with Crippen molar-refractivity contribution in [2.75, 3.05) is 39.2 Å². The number of aromatic nitrogens is 2. The van der Waals surface area contributed by atoms with Crippen LogP contribution in [0.4, 0.5) is 5.95 Å². The van der Waals surface area contributed by atoms with E-state index in [1.54, 1.807) is 19.2 Å². The molecule has 28 heavy (non-hydrogen) atoms. The first-order valence-corrected chi connectivity index (χ1v) is 9.81. The second kappa shape index (κ2) is 7.13. The van der Waals surface area contributed by atoms with Gasteiger partial charge in [0.15, 0.2) is 11.5 Å². The highest BCUT2D eigenvalue weighted by Gasteiger charge is 2.44. The van der Waals surface area contributed by atoms with Gasteiger partial charge in [-0.2, -0.15) is 0 Å². The van der Waals surface area contributed by atoms with Gasteiger partial charge in [0.05, 0.1) is 12.8 Å². The average molecular weight is 384 g/mol. The molecule has 1 unspecified atom stereocenters. The topological polar surface area (TPSA) is 81.7 Å². The van der Waals surface area contributed by atoms with Crippen LogP contribution in [-0.4, -0.2) is 54.3 Å². The number of phenolic OH excluding ortho intramolecular Hbond substituents is 1. The number of benzene rings is 1. The number of fused-ring (bicyclic) bond motifs is 2. The van der Waals surface area contributed by atoms with Crippen molar-refractivity contribution in [2.24, 2.45) is 0 Å². The van der Waals surface area contributed by atoms with Gasteiger partial charge in [-0.1, -0.05) is 6.07 Å². The minimum absolute atomic E-state index is 0.00257. The molecule has 1 fully saturated rings. The molecule has 0 radical (unpaired) electrons. The number of rotatable bonds is 4. The molecule has 1 spiro atoms. The van der Waals surface area contributed by atoms with E-state index in [1.807, 2.05) is 25.1 Å². The summed E-state index contributed by atoms with van der Waals surface area (Å²) in [7, 11) is 5.35. The molecule has 7 heteroatoms. The number of nitrogens with one attached hydrogen (secondary N) is 1. The highest BCUT2D eigenvalue weighted by molar-refractivity contribution is 5.42. The van der Waals surface area contributed by atoms with Crippen LogP contribution in [0.25, 0.3) is 0 Å². The van der Waals surface area contributed by atoms with Crippen LogP contribution in [0.1, 0.15) is 36.1 Å². The molecule has 1 saturated heterocycles. The van der Waals surface area contributed by atoms with Crippen LogP contribution >= 0.6 is 0 Å². The normalized spacial score (nSPS) is 21.7. The van der Waals surface area contributed by atoms with Crippen molar-refractivity contribution in [3.63, 3.8) is 0 Å². The number of phenols is 1. The fourth-order valence-corrected chi connectivity index (χ4v) is 4.70. The summed E-state index contributed by atoms with van der Waals surface area (Å²) in [5.74, 6) is 1.28. The van der Waals surface area contributed by atoms with E-state index in [0.29, 0.717) is 11.7 Å². The van der Waals surface area contributed by atoms with Gasteiger partial charge >= 0.3 is 0 Å². The Morgan fingerprint density at radius 2 is 2.18 bits per heavy atom. The standard InChI is InChI=1S/C21H28N4O3/c1-24(2)20-22-18-15(19(27)23-20)7-9-21(18)8-4-10-25(13-21)12-14-5-6-17(28-3)16(26)11-14/h5-6,11,26H,4,7-10,12-13H2,1-3H3,(H,22,23,27). The summed E-state index contributed by atoms with van der Waals surface area (Å²) in [4.78, 5) is 24.6. The van der Waals surface area contributed by atoms with Crippen molar-refractivity contribution >= 4 is 5.95 Å². The molecular formula is C21H28N4O3. The van der Waals surface area contributed by atoms with E-state index in [-0.39, 0.29) is 16.7 Å². The largest absolute Gasteiger partial charge is 0.504 e. The summed E-state index contributed by atoms with van der Waals surface area (Å²) >= 11 is 0. The molecule has 4 rings (SSSR count). The Bertz CT molecular complexity index is 940. The molecule has 1 atom stereocenters. The zero-order valence-corrected chi connectivity index (χ0v) is 16.8. The molecule has 2 heterocycles. The van der Waals surface area contributed by atoms with Gasteiger partial charge in [-0.15, -0.1) is 0 Å². The lowest BCUT2D eigenvalue weighted by Gasteiger charge is -2.40. The third kappa shape index (κ3) is 3.24. The minimum atomic E-state index is -0.0544. The van der Waals surface area contributed by atoms with Crippen molar-refractivity contribution in [2.45, 2.75) is 37.6 Å². The summed E-state index contributed by atoms with van der Waals surface area (Å²) in [5.41, 5.74) is 2.85. The summed E-state index contributed by atoms with van der Waals surface area (Å²) in [6.45, 7) is 2.65. The Morgan fingerprint density at radius 1 is 1.36 bits per heavy atom. The number of H-pyrrole nitrogens is 1. The van der Waals surface area contributed by atoms with Gasteiger partial charge in [-0.05, 0) is 49.9 Å². The molecule has 1 aliphatic carbocycles. The van der Waals surface area contributed by atoms with Crippen LogP contribution in [-0.2, 0) is 18.4 Å². The zero-order chi connectivity index (χ0) is 19.9. The number of aromatic hydroxyl groups is 1. The van der Waals surface area contributed by atoms with E-state index < -0.39 is 0 Å². The SMILES string of the molecule is COc1ccc(CN2CCCC3(CCc4c3nc(N(C)C)[nH]c4=O)C2)cc1O. The van der Waals surface area contributed by atoms with Gasteiger partial charge in [-0.25, -0.2) is 4.98 Å². The number of piperidine rings is 1.